The molecular formula is C20H23N7O3S. The van der Waals surface area contributed by atoms with Crippen LogP contribution in [-0.4, -0.2) is 34.1 Å². The van der Waals surface area contributed by atoms with Crippen molar-refractivity contribution in [2.24, 2.45) is 11.1 Å². The molecule has 1 saturated carbocycles. The van der Waals surface area contributed by atoms with Crippen molar-refractivity contribution in [1.29, 1.82) is 5.26 Å². The summed E-state index contributed by atoms with van der Waals surface area (Å²) in [6, 6.07) is 5.64. The first-order valence-corrected chi connectivity index (χ1v) is 12.0. The van der Waals surface area contributed by atoms with E-state index in [1.807, 2.05) is 10.9 Å². The lowest BCUT2D eigenvalue weighted by molar-refractivity contribution is 0.315. The van der Waals surface area contributed by atoms with Crippen LogP contribution in [0.1, 0.15) is 43.7 Å². The van der Waals surface area contributed by atoms with Gasteiger partial charge in [0.25, 0.3) is 0 Å². The van der Waals surface area contributed by atoms with E-state index in [1.54, 1.807) is 18.3 Å². The van der Waals surface area contributed by atoms with E-state index in [0.29, 0.717) is 34.8 Å². The van der Waals surface area contributed by atoms with Crippen LogP contribution in [0.3, 0.4) is 0 Å². The zero-order valence-corrected chi connectivity index (χ0v) is 17.9. The molecule has 3 heterocycles. The van der Waals surface area contributed by atoms with Gasteiger partial charge >= 0.3 is 0 Å². The summed E-state index contributed by atoms with van der Waals surface area (Å²) in [6.07, 6.45) is 11.1. The number of anilines is 1. The summed E-state index contributed by atoms with van der Waals surface area (Å²) in [5.74, 6) is 0.713. The average molecular weight is 442 g/mol. The zero-order valence-electron chi connectivity index (χ0n) is 17.1. The third-order valence-electron chi connectivity index (χ3n) is 5.76. The quantitative estimate of drug-likeness (QED) is 0.532. The normalized spacial score (nSPS) is 15.7. The van der Waals surface area contributed by atoms with Gasteiger partial charge in [0.15, 0.2) is 0 Å². The van der Waals surface area contributed by atoms with Crippen molar-refractivity contribution >= 4 is 21.4 Å². The van der Waals surface area contributed by atoms with Crippen LogP contribution < -0.4 is 4.72 Å². The van der Waals surface area contributed by atoms with Crippen molar-refractivity contribution in [2.75, 3.05) is 11.0 Å². The number of nitroso groups, excluding NO2 is 1. The molecule has 1 N–H and O–H groups in total. The highest BCUT2D eigenvalue weighted by molar-refractivity contribution is 7.92. The Labute approximate surface area is 179 Å². The Morgan fingerprint density at radius 1 is 1.29 bits per heavy atom. The largest absolute Gasteiger partial charge is 0.268 e. The Balaban J connectivity index is 1.80. The number of nitrogens with one attached hydrogen (secondary N) is 1. The fourth-order valence-corrected chi connectivity index (χ4v) is 4.98. The molecule has 162 valence electrons. The molecule has 4 rings (SSSR count). The van der Waals surface area contributed by atoms with Gasteiger partial charge in [0.1, 0.15) is 12.4 Å². The van der Waals surface area contributed by atoms with Crippen LogP contribution in [-0.2, 0) is 16.6 Å². The van der Waals surface area contributed by atoms with Crippen molar-refractivity contribution in [2.45, 2.75) is 44.7 Å². The molecule has 0 spiro atoms. The predicted molar refractivity (Wildman–Crippen MR) is 116 cm³/mol. The molecule has 0 radical (unpaired) electrons. The van der Waals surface area contributed by atoms with Gasteiger partial charge in [-0.1, -0.05) is 18.0 Å². The minimum Gasteiger partial charge on any atom is -0.268 e. The highest BCUT2D eigenvalue weighted by Crippen LogP contribution is 2.37. The van der Waals surface area contributed by atoms with Gasteiger partial charge in [-0.2, -0.15) is 20.4 Å². The van der Waals surface area contributed by atoms with Crippen molar-refractivity contribution in [3.05, 3.63) is 41.2 Å². The molecule has 1 aliphatic rings. The number of aromatic nitrogens is 4. The Morgan fingerprint density at radius 3 is 2.74 bits per heavy atom. The SMILES string of the molecule is CS(=O)(=O)Nc1ccc2c(-c3cnn(C(CC#N)C4CCCC4)c3)c(CN=O)cnn12. The summed E-state index contributed by atoms with van der Waals surface area (Å²) in [7, 11) is -3.49. The maximum atomic E-state index is 11.7. The van der Waals surface area contributed by atoms with Gasteiger partial charge in [-0.05, 0) is 30.9 Å². The highest BCUT2D eigenvalue weighted by atomic mass is 32.2. The van der Waals surface area contributed by atoms with Gasteiger partial charge in [0.05, 0.1) is 42.7 Å². The third-order valence-corrected chi connectivity index (χ3v) is 6.34. The summed E-state index contributed by atoms with van der Waals surface area (Å²) < 4.78 is 29.1. The van der Waals surface area contributed by atoms with Crippen molar-refractivity contribution < 1.29 is 8.42 Å². The van der Waals surface area contributed by atoms with Gasteiger partial charge in [-0.15, -0.1) is 0 Å². The molecule has 1 atom stereocenters. The molecule has 0 aliphatic heterocycles. The van der Waals surface area contributed by atoms with E-state index in [0.717, 1.165) is 24.7 Å². The van der Waals surface area contributed by atoms with Crippen LogP contribution in [0.4, 0.5) is 5.82 Å². The monoisotopic (exact) mass is 441 g/mol. The number of fused-ring (bicyclic) bond motifs is 1. The number of hydrogen-bond acceptors (Lipinski definition) is 7. The number of hydrogen-bond donors (Lipinski definition) is 1. The molecule has 0 saturated heterocycles. The lowest BCUT2D eigenvalue weighted by atomic mass is 9.96. The molecule has 0 aromatic carbocycles. The lowest BCUT2D eigenvalue weighted by Crippen LogP contribution is -2.17. The van der Waals surface area contributed by atoms with E-state index in [9.17, 15) is 18.6 Å². The van der Waals surface area contributed by atoms with E-state index >= 15 is 0 Å². The molecule has 31 heavy (non-hydrogen) atoms. The minimum atomic E-state index is -3.49. The standard InChI is InChI=1S/C20H23N7O3S/c1-31(29,30)25-19-7-6-18-20(15(12-24-28)10-23-27(18)19)16-11-22-26(13-16)17(8-9-21)14-4-2-3-5-14/h6-7,10-11,13-14,17,25H,2-5,8,12H2,1H3. The molecular weight excluding hydrogens is 418 g/mol. The van der Waals surface area contributed by atoms with Crippen LogP contribution >= 0.6 is 0 Å². The third kappa shape index (κ3) is 4.29. The van der Waals surface area contributed by atoms with E-state index in [1.165, 1.54) is 23.6 Å². The van der Waals surface area contributed by atoms with Gasteiger partial charge < -0.3 is 0 Å². The second-order valence-electron chi connectivity index (χ2n) is 7.91. The van der Waals surface area contributed by atoms with E-state index < -0.39 is 10.0 Å². The Hall–Kier alpha value is -3.26. The van der Waals surface area contributed by atoms with Crippen molar-refractivity contribution in [3.8, 4) is 17.2 Å². The highest BCUT2D eigenvalue weighted by Gasteiger charge is 2.27. The van der Waals surface area contributed by atoms with Crippen LogP contribution in [0.2, 0.25) is 0 Å². The Bertz CT molecular complexity index is 1250. The second kappa shape index (κ2) is 8.47. The first-order valence-electron chi connectivity index (χ1n) is 10.1. The van der Waals surface area contributed by atoms with E-state index in [2.05, 4.69) is 26.2 Å². The molecule has 10 nitrogen and oxygen atoms in total. The van der Waals surface area contributed by atoms with Crippen LogP contribution in [0.25, 0.3) is 16.6 Å². The van der Waals surface area contributed by atoms with Crippen LogP contribution in [0.15, 0.2) is 35.9 Å². The number of sulfonamides is 1. The Kier molecular flexibility index (Phi) is 5.73. The van der Waals surface area contributed by atoms with Gasteiger partial charge in [-0.25, -0.2) is 12.9 Å². The predicted octanol–water partition coefficient (Wildman–Crippen LogP) is 3.48. The van der Waals surface area contributed by atoms with Gasteiger partial charge in [-0.3, -0.25) is 9.40 Å². The summed E-state index contributed by atoms with van der Waals surface area (Å²) in [5, 5.41) is 21.2. The average Bonchev–Trinajstić information content (AvgIpc) is 3.47. The molecule has 1 aliphatic carbocycles. The van der Waals surface area contributed by atoms with Gasteiger partial charge in [0, 0.05) is 22.9 Å². The van der Waals surface area contributed by atoms with E-state index in [4.69, 9.17) is 0 Å². The fraction of sp³-hybridized carbons (Fsp3) is 0.450. The molecule has 3 aromatic heterocycles. The number of nitriles is 1. The topological polar surface area (TPSA) is 135 Å². The van der Waals surface area contributed by atoms with Crippen molar-refractivity contribution in [3.63, 3.8) is 0 Å². The van der Waals surface area contributed by atoms with Crippen LogP contribution in [0.5, 0.6) is 0 Å². The summed E-state index contributed by atoms with van der Waals surface area (Å²) in [4.78, 5) is 11.0. The first-order chi connectivity index (χ1) is 14.9. The second-order valence-corrected chi connectivity index (χ2v) is 9.65. The number of rotatable bonds is 8. The lowest BCUT2D eigenvalue weighted by Gasteiger charge is -2.21. The van der Waals surface area contributed by atoms with Crippen molar-refractivity contribution in [1.82, 2.24) is 19.4 Å². The molecule has 1 unspecified atom stereocenters. The Morgan fingerprint density at radius 2 is 2.06 bits per heavy atom. The van der Waals surface area contributed by atoms with Gasteiger partial charge in [0.2, 0.25) is 10.0 Å². The fourth-order valence-electron chi connectivity index (χ4n) is 4.45. The maximum absolute atomic E-state index is 11.7. The molecule has 3 aromatic rings. The smallest absolute Gasteiger partial charge is 0.230 e. The number of nitrogens with zero attached hydrogens (tertiary/aromatic N) is 6. The molecule has 0 bridgehead atoms. The maximum Gasteiger partial charge on any atom is 0.230 e. The summed E-state index contributed by atoms with van der Waals surface area (Å²) in [6.45, 7) is -0.0751. The van der Waals surface area contributed by atoms with E-state index in [-0.39, 0.29) is 12.6 Å². The molecule has 11 heteroatoms. The molecule has 0 amide bonds. The summed E-state index contributed by atoms with van der Waals surface area (Å²) >= 11 is 0. The molecule has 1 fully saturated rings. The van der Waals surface area contributed by atoms with Crippen LogP contribution in [0, 0.1) is 22.2 Å². The zero-order chi connectivity index (χ0) is 22.0. The summed E-state index contributed by atoms with van der Waals surface area (Å²) in [5.41, 5.74) is 2.72. The minimum absolute atomic E-state index is 0.000927. The first kappa shape index (κ1) is 21.0.